The summed E-state index contributed by atoms with van der Waals surface area (Å²) in [4.78, 5) is 10.1. The maximum absolute atomic E-state index is 10.1. The fourth-order valence-electron chi connectivity index (χ4n) is 1.40. The van der Waals surface area contributed by atoms with E-state index in [2.05, 4.69) is 11.4 Å². The van der Waals surface area contributed by atoms with Gasteiger partial charge in [-0.05, 0) is 31.8 Å². The van der Waals surface area contributed by atoms with Crippen LogP contribution in [0.4, 0.5) is 0 Å². The van der Waals surface area contributed by atoms with Crippen LogP contribution < -0.4 is 5.32 Å². The number of hydrogen-bond donors (Lipinski definition) is 2. The van der Waals surface area contributed by atoms with Crippen molar-refractivity contribution in [2.45, 2.75) is 12.8 Å². The second-order valence-corrected chi connectivity index (χ2v) is 3.17. The van der Waals surface area contributed by atoms with Gasteiger partial charge in [0.2, 0.25) is 0 Å². The van der Waals surface area contributed by atoms with Gasteiger partial charge in [0.25, 0.3) is 0 Å². The van der Waals surface area contributed by atoms with Crippen molar-refractivity contribution in [3.63, 3.8) is 0 Å². The third kappa shape index (κ3) is 4.48. The van der Waals surface area contributed by atoms with Gasteiger partial charge in [-0.2, -0.15) is 0 Å². The Morgan fingerprint density at radius 2 is 2.00 bits per heavy atom. The monoisotopic (exact) mass is 181 g/mol. The molecule has 1 rings (SSSR count). The smallest absolute Gasteiger partial charge is 0.328 e. The third-order valence-electron chi connectivity index (χ3n) is 2.12. The highest BCUT2D eigenvalue weighted by molar-refractivity contribution is 5.80. The van der Waals surface area contributed by atoms with Crippen LogP contribution in [-0.4, -0.2) is 24.2 Å². The summed E-state index contributed by atoms with van der Waals surface area (Å²) in [6, 6.07) is 0. The average molecular weight is 181 g/mol. The molecule has 1 aliphatic rings. The highest BCUT2D eigenvalue weighted by atomic mass is 16.4. The molecule has 72 valence electrons. The van der Waals surface area contributed by atoms with Gasteiger partial charge in [0.05, 0.1) is 0 Å². The van der Waals surface area contributed by atoms with Crippen molar-refractivity contribution in [1.29, 1.82) is 0 Å². The molecule has 0 saturated carbocycles. The molecule has 0 atom stereocenters. The number of carboxylic acids is 1. The van der Waals surface area contributed by atoms with Crippen molar-refractivity contribution in [1.82, 2.24) is 5.32 Å². The van der Waals surface area contributed by atoms with Crippen LogP contribution in [0, 0.1) is 5.92 Å². The maximum atomic E-state index is 10.1. The zero-order valence-electron chi connectivity index (χ0n) is 7.57. The summed E-state index contributed by atoms with van der Waals surface area (Å²) in [5, 5.41) is 11.6. The summed E-state index contributed by atoms with van der Waals surface area (Å²) in [6.07, 6.45) is 8.93. The molecule has 2 N–H and O–H groups in total. The molecular formula is C10H15NO2. The quantitative estimate of drug-likeness (QED) is 0.508. The van der Waals surface area contributed by atoms with Gasteiger partial charge >= 0.3 is 5.97 Å². The molecule has 0 aromatic rings. The van der Waals surface area contributed by atoms with E-state index < -0.39 is 5.97 Å². The molecule has 3 heteroatoms. The summed E-state index contributed by atoms with van der Waals surface area (Å²) in [7, 11) is 0. The standard InChI is InChI=1S/C10H15NO2/c12-10(13)4-2-1-3-9-5-7-11-8-6-9/h1-4,9,11H,5-8H2,(H,12,13)/b3-1+,4-2-. The fourth-order valence-corrected chi connectivity index (χ4v) is 1.40. The molecule has 1 fully saturated rings. The van der Waals surface area contributed by atoms with Gasteiger partial charge in [-0.25, -0.2) is 4.79 Å². The minimum Gasteiger partial charge on any atom is -0.478 e. The Kier molecular flexibility index (Phi) is 4.26. The molecular weight excluding hydrogens is 166 g/mol. The van der Waals surface area contributed by atoms with Crippen molar-refractivity contribution in [2.24, 2.45) is 5.92 Å². The van der Waals surface area contributed by atoms with Gasteiger partial charge in [0.1, 0.15) is 0 Å². The predicted octanol–water partition coefficient (Wildman–Crippen LogP) is 1.18. The Morgan fingerprint density at radius 1 is 1.31 bits per heavy atom. The van der Waals surface area contributed by atoms with E-state index >= 15 is 0 Å². The summed E-state index contributed by atoms with van der Waals surface area (Å²) < 4.78 is 0. The Bertz CT molecular complexity index is 215. The topological polar surface area (TPSA) is 49.3 Å². The number of rotatable bonds is 3. The van der Waals surface area contributed by atoms with E-state index in [9.17, 15) is 4.79 Å². The molecule has 1 heterocycles. The van der Waals surface area contributed by atoms with E-state index in [4.69, 9.17) is 5.11 Å². The van der Waals surface area contributed by atoms with Gasteiger partial charge in [-0.15, -0.1) is 0 Å². The number of piperidine rings is 1. The first-order valence-corrected chi connectivity index (χ1v) is 4.57. The Balaban J connectivity index is 2.25. The Morgan fingerprint density at radius 3 is 2.62 bits per heavy atom. The first-order chi connectivity index (χ1) is 6.29. The number of allylic oxidation sites excluding steroid dienone is 3. The van der Waals surface area contributed by atoms with Crippen LogP contribution in [-0.2, 0) is 4.79 Å². The van der Waals surface area contributed by atoms with Crippen LogP contribution in [0.15, 0.2) is 24.3 Å². The van der Waals surface area contributed by atoms with Crippen molar-refractivity contribution < 1.29 is 9.90 Å². The normalized spacial score (nSPS) is 20.0. The van der Waals surface area contributed by atoms with Crippen molar-refractivity contribution in [2.75, 3.05) is 13.1 Å². The largest absolute Gasteiger partial charge is 0.478 e. The van der Waals surface area contributed by atoms with Gasteiger partial charge in [-0.1, -0.05) is 18.2 Å². The average Bonchev–Trinajstić information content (AvgIpc) is 2.14. The lowest BCUT2D eigenvalue weighted by Gasteiger charge is -2.18. The lowest BCUT2D eigenvalue weighted by Crippen LogP contribution is -2.26. The van der Waals surface area contributed by atoms with Crippen LogP contribution in [0.2, 0.25) is 0 Å². The molecule has 1 aliphatic heterocycles. The summed E-state index contributed by atoms with van der Waals surface area (Å²) in [6.45, 7) is 2.13. The second-order valence-electron chi connectivity index (χ2n) is 3.17. The van der Waals surface area contributed by atoms with E-state index in [0.29, 0.717) is 5.92 Å². The SMILES string of the molecule is O=C(O)/C=C\C=C\C1CCNCC1. The van der Waals surface area contributed by atoms with Crippen LogP contribution in [0.3, 0.4) is 0 Å². The van der Waals surface area contributed by atoms with E-state index in [1.54, 1.807) is 6.08 Å². The van der Waals surface area contributed by atoms with Crippen LogP contribution in [0.25, 0.3) is 0 Å². The summed E-state index contributed by atoms with van der Waals surface area (Å²) in [5.74, 6) is -0.283. The third-order valence-corrected chi connectivity index (χ3v) is 2.12. The van der Waals surface area contributed by atoms with E-state index in [1.807, 2.05) is 6.08 Å². The van der Waals surface area contributed by atoms with Crippen molar-refractivity contribution in [3.05, 3.63) is 24.3 Å². The first kappa shape index (κ1) is 9.99. The molecule has 0 amide bonds. The number of hydrogen-bond acceptors (Lipinski definition) is 2. The molecule has 3 nitrogen and oxygen atoms in total. The molecule has 0 radical (unpaired) electrons. The zero-order valence-corrected chi connectivity index (χ0v) is 7.57. The lowest BCUT2D eigenvalue weighted by molar-refractivity contribution is -0.131. The molecule has 1 saturated heterocycles. The Labute approximate surface area is 78.1 Å². The number of carbonyl (C=O) groups is 1. The molecule has 0 spiro atoms. The molecule has 0 unspecified atom stereocenters. The van der Waals surface area contributed by atoms with Gasteiger partial charge in [-0.3, -0.25) is 0 Å². The minimum absolute atomic E-state index is 0.611. The van der Waals surface area contributed by atoms with Crippen LogP contribution >= 0.6 is 0 Å². The summed E-state index contributed by atoms with van der Waals surface area (Å²) in [5.41, 5.74) is 0. The van der Waals surface area contributed by atoms with E-state index in [0.717, 1.165) is 32.0 Å². The number of aliphatic carboxylic acids is 1. The lowest BCUT2D eigenvalue weighted by atomic mass is 9.98. The van der Waals surface area contributed by atoms with Crippen molar-refractivity contribution >= 4 is 5.97 Å². The predicted molar refractivity (Wildman–Crippen MR) is 51.5 cm³/mol. The molecule has 0 aromatic carbocycles. The van der Waals surface area contributed by atoms with Crippen molar-refractivity contribution in [3.8, 4) is 0 Å². The second kappa shape index (κ2) is 5.54. The van der Waals surface area contributed by atoms with E-state index in [1.165, 1.54) is 0 Å². The van der Waals surface area contributed by atoms with Gasteiger partial charge in [0.15, 0.2) is 0 Å². The molecule has 0 aromatic heterocycles. The highest BCUT2D eigenvalue weighted by Gasteiger charge is 2.08. The molecule has 13 heavy (non-hydrogen) atoms. The minimum atomic E-state index is -0.894. The highest BCUT2D eigenvalue weighted by Crippen LogP contribution is 2.12. The fraction of sp³-hybridized carbons (Fsp3) is 0.500. The maximum Gasteiger partial charge on any atom is 0.328 e. The molecule has 0 aliphatic carbocycles. The van der Waals surface area contributed by atoms with Crippen LogP contribution in [0.1, 0.15) is 12.8 Å². The number of carboxylic acid groups (broad SMARTS) is 1. The Hall–Kier alpha value is -1.09. The van der Waals surface area contributed by atoms with Gasteiger partial charge < -0.3 is 10.4 Å². The van der Waals surface area contributed by atoms with Gasteiger partial charge in [0, 0.05) is 6.08 Å². The summed E-state index contributed by atoms with van der Waals surface area (Å²) >= 11 is 0. The van der Waals surface area contributed by atoms with Crippen LogP contribution in [0.5, 0.6) is 0 Å². The molecule has 0 bridgehead atoms. The number of nitrogens with one attached hydrogen (secondary N) is 1. The van der Waals surface area contributed by atoms with E-state index in [-0.39, 0.29) is 0 Å². The first-order valence-electron chi connectivity index (χ1n) is 4.57. The zero-order chi connectivity index (χ0) is 9.52.